The summed E-state index contributed by atoms with van der Waals surface area (Å²) >= 11 is 0. The van der Waals surface area contributed by atoms with Gasteiger partial charge >= 0.3 is 0 Å². The Kier molecular flexibility index (Phi) is 3.65. The van der Waals surface area contributed by atoms with Crippen LogP contribution in [0.15, 0.2) is 34.9 Å². The summed E-state index contributed by atoms with van der Waals surface area (Å²) in [5.41, 5.74) is 3.55. The Morgan fingerprint density at radius 1 is 1.20 bits per heavy atom. The predicted molar refractivity (Wildman–Crippen MR) is 79.0 cm³/mol. The van der Waals surface area contributed by atoms with Crippen molar-refractivity contribution in [2.24, 2.45) is 0 Å². The Bertz CT molecular complexity index is 592. The fourth-order valence-corrected chi connectivity index (χ4v) is 2.57. The second kappa shape index (κ2) is 5.59. The molecule has 2 heterocycles. The number of para-hydroxylation sites is 1. The topological polar surface area (TPSA) is 37.6 Å². The molecule has 0 atom stereocenters. The second-order valence-electron chi connectivity index (χ2n) is 5.24. The maximum atomic E-state index is 5.81. The zero-order valence-corrected chi connectivity index (χ0v) is 12.0. The first-order valence-corrected chi connectivity index (χ1v) is 6.94. The van der Waals surface area contributed by atoms with Gasteiger partial charge in [-0.3, -0.25) is 4.90 Å². The third kappa shape index (κ3) is 2.65. The average molecular weight is 272 g/mol. The summed E-state index contributed by atoms with van der Waals surface area (Å²) in [6.07, 6.45) is 1.75. The van der Waals surface area contributed by atoms with Crippen LogP contribution in [0, 0.1) is 6.92 Å². The average Bonchev–Trinajstić information content (AvgIpc) is 2.85. The summed E-state index contributed by atoms with van der Waals surface area (Å²) < 4.78 is 11.2. The molecular formula is C16H20N2O2. The van der Waals surface area contributed by atoms with E-state index in [0.29, 0.717) is 0 Å². The normalized spacial score (nSPS) is 13.8. The Morgan fingerprint density at radius 2 is 2.05 bits per heavy atom. The van der Waals surface area contributed by atoms with Crippen LogP contribution < -0.4 is 10.1 Å². The van der Waals surface area contributed by atoms with Crippen molar-refractivity contribution in [3.05, 3.63) is 47.4 Å². The van der Waals surface area contributed by atoms with Gasteiger partial charge < -0.3 is 14.5 Å². The molecule has 0 saturated carbocycles. The van der Waals surface area contributed by atoms with Crippen LogP contribution in [-0.2, 0) is 13.1 Å². The molecule has 1 aromatic carbocycles. The second-order valence-corrected chi connectivity index (χ2v) is 5.24. The monoisotopic (exact) mass is 272 g/mol. The van der Waals surface area contributed by atoms with Gasteiger partial charge in [0.2, 0.25) is 0 Å². The van der Waals surface area contributed by atoms with Crippen LogP contribution in [0.3, 0.4) is 0 Å². The molecule has 20 heavy (non-hydrogen) atoms. The molecule has 1 N–H and O–H groups in total. The molecule has 0 aliphatic carbocycles. The molecule has 4 nitrogen and oxygen atoms in total. The minimum atomic E-state index is 0.731. The number of nitrogens with one attached hydrogen (secondary N) is 1. The van der Waals surface area contributed by atoms with Gasteiger partial charge in [-0.1, -0.05) is 12.1 Å². The highest BCUT2D eigenvalue weighted by Gasteiger charge is 2.15. The minimum absolute atomic E-state index is 0.731. The van der Waals surface area contributed by atoms with E-state index in [1.54, 1.807) is 6.26 Å². The summed E-state index contributed by atoms with van der Waals surface area (Å²) in [6, 6.07) is 8.31. The lowest BCUT2D eigenvalue weighted by Crippen LogP contribution is -2.22. The third-order valence-corrected chi connectivity index (χ3v) is 3.61. The van der Waals surface area contributed by atoms with Crippen LogP contribution >= 0.6 is 0 Å². The summed E-state index contributed by atoms with van der Waals surface area (Å²) in [4.78, 5) is 2.27. The molecule has 0 unspecified atom stereocenters. The number of anilines is 1. The molecule has 1 aliphatic rings. The van der Waals surface area contributed by atoms with Gasteiger partial charge in [-0.25, -0.2) is 0 Å². The molecule has 1 aromatic heterocycles. The number of ether oxygens (including phenoxy) is 1. The SMILES string of the molecule is Cc1occc1CN(C)Cc1cccc2c1OCCN2. The number of benzene rings is 1. The van der Waals surface area contributed by atoms with Crippen molar-refractivity contribution in [2.75, 3.05) is 25.5 Å². The van der Waals surface area contributed by atoms with Crippen molar-refractivity contribution in [2.45, 2.75) is 20.0 Å². The molecule has 1 aliphatic heterocycles. The molecule has 0 bridgehead atoms. The first-order valence-electron chi connectivity index (χ1n) is 6.94. The molecule has 0 spiro atoms. The van der Waals surface area contributed by atoms with Gasteiger partial charge in [0.05, 0.1) is 12.0 Å². The number of hydrogen-bond acceptors (Lipinski definition) is 4. The predicted octanol–water partition coefficient (Wildman–Crippen LogP) is 3.02. The van der Waals surface area contributed by atoms with Gasteiger partial charge in [0.15, 0.2) is 0 Å². The molecule has 0 fully saturated rings. The highest BCUT2D eigenvalue weighted by Crippen LogP contribution is 2.32. The van der Waals surface area contributed by atoms with Crippen molar-refractivity contribution < 1.29 is 9.15 Å². The number of nitrogens with zero attached hydrogens (tertiary/aromatic N) is 1. The smallest absolute Gasteiger partial charge is 0.146 e. The van der Waals surface area contributed by atoms with Gasteiger partial charge in [-0.05, 0) is 26.1 Å². The van der Waals surface area contributed by atoms with E-state index in [-0.39, 0.29) is 0 Å². The quantitative estimate of drug-likeness (QED) is 0.928. The van der Waals surface area contributed by atoms with E-state index in [1.165, 1.54) is 11.1 Å². The lowest BCUT2D eigenvalue weighted by atomic mass is 10.1. The van der Waals surface area contributed by atoms with Crippen molar-refractivity contribution in [3.8, 4) is 5.75 Å². The lowest BCUT2D eigenvalue weighted by molar-refractivity contribution is 0.290. The van der Waals surface area contributed by atoms with Crippen LogP contribution in [-0.4, -0.2) is 25.1 Å². The van der Waals surface area contributed by atoms with Crippen molar-refractivity contribution in [1.82, 2.24) is 4.90 Å². The molecule has 106 valence electrons. The summed E-state index contributed by atoms with van der Waals surface area (Å²) in [7, 11) is 2.11. The van der Waals surface area contributed by atoms with Crippen molar-refractivity contribution >= 4 is 5.69 Å². The van der Waals surface area contributed by atoms with Gasteiger partial charge in [-0.15, -0.1) is 0 Å². The van der Waals surface area contributed by atoms with E-state index in [9.17, 15) is 0 Å². The molecule has 3 rings (SSSR count). The van der Waals surface area contributed by atoms with E-state index < -0.39 is 0 Å². The van der Waals surface area contributed by atoms with Crippen LogP contribution in [0.25, 0.3) is 0 Å². The molecule has 0 saturated heterocycles. The highest BCUT2D eigenvalue weighted by atomic mass is 16.5. The largest absolute Gasteiger partial charge is 0.489 e. The minimum Gasteiger partial charge on any atom is -0.489 e. The van der Waals surface area contributed by atoms with Crippen molar-refractivity contribution in [3.63, 3.8) is 0 Å². The van der Waals surface area contributed by atoms with Crippen molar-refractivity contribution in [1.29, 1.82) is 0 Å². The molecule has 2 aromatic rings. The maximum absolute atomic E-state index is 5.81. The number of furan rings is 1. The first kappa shape index (κ1) is 13.1. The van der Waals surface area contributed by atoms with Gasteiger partial charge in [0.25, 0.3) is 0 Å². The zero-order valence-electron chi connectivity index (χ0n) is 12.0. The molecule has 0 radical (unpaired) electrons. The van der Waals surface area contributed by atoms with Gasteiger partial charge in [0.1, 0.15) is 18.1 Å². The molecule has 4 heteroatoms. The van der Waals surface area contributed by atoms with E-state index >= 15 is 0 Å². The fourth-order valence-electron chi connectivity index (χ4n) is 2.57. The fraction of sp³-hybridized carbons (Fsp3) is 0.375. The van der Waals surface area contributed by atoms with Crippen LogP contribution in [0.1, 0.15) is 16.9 Å². The van der Waals surface area contributed by atoms with E-state index in [4.69, 9.17) is 9.15 Å². The Hall–Kier alpha value is -1.94. The van der Waals surface area contributed by atoms with E-state index in [2.05, 4.69) is 35.5 Å². The number of aryl methyl sites for hydroxylation is 1. The van der Waals surface area contributed by atoms with Crippen LogP contribution in [0.4, 0.5) is 5.69 Å². The lowest BCUT2D eigenvalue weighted by Gasteiger charge is -2.24. The maximum Gasteiger partial charge on any atom is 0.146 e. The number of fused-ring (bicyclic) bond motifs is 1. The first-order chi connectivity index (χ1) is 9.74. The Balaban J connectivity index is 1.73. The molecular weight excluding hydrogens is 252 g/mol. The zero-order chi connectivity index (χ0) is 13.9. The molecule has 0 amide bonds. The Labute approximate surface area is 119 Å². The summed E-state index contributed by atoms with van der Waals surface area (Å²) in [6.45, 7) is 5.34. The van der Waals surface area contributed by atoms with E-state index in [1.807, 2.05) is 13.0 Å². The van der Waals surface area contributed by atoms with Gasteiger partial charge in [0, 0.05) is 30.8 Å². The van der Waals surface area contributed by atoms with Gasteiger partial charge in [-0.2, -0.15) is 0 Å². The van der Waals surface area contributed by atoms with Crippen LogP contribution in [0.2, 0.25) is 0 Å². The Morgan fingerprint density at radius 3 is 2.85 bits per heavy atom. The number of hydrogen-bond donors (Lipinski definition) is 1. The highest BCUT2D eigenvalue weighted by molar-refractivity contribution is 5.61. The van der Waals surface area contributed by atoms with E-state index in [0.717, 1.165) is 43.4 Å². The van der Waals surface area contributed by atoms with Crippen LogP contribution in [0.5, 0.6) is 5.75 Å². The number of rotatable bonds is 4. The standard InChI is InChI=1S/C16H20N2O2/c1-12-13(6-8-19-12)10-18(2)11-14-4-3-5-15-16(14)20-9-7-17-15/h3-6,8,17H,7,9-11H2,1-2H3. The summed E-state index contributed by atoms with van der Waals surface area (Å²) in [5, 5.41) is 3.37. The third-order valence-electron chi connectivity index (χ3n) is 3.61. The summed E-state index contributed by atoms with van der Waals surface area (Å²) in [5.74, 6) is 1.99.